The Labute approximate surface area is 171 Å². The number of fused-ring (bicyclic) bond motifs is 2. The third-order valence-electron chi connectivity index (χ3n) is 5.33. The lowest BCUT2D eigenvalue weighted by molar-refractivity contribution is 0.168. The molecule has 0 fully saturated rings. The van der Waals surface area contributed by atoms with Crippen LogP contribution in [0, 0.1) is 6.92 Å². The largest absolute Gasteiger partial charge is 0.463 e. The van der Waals surface area contributed by atoms with Crippen LogP contribution in [-0.2, 0) is 17.7 Å². The van der Waals surface area contributed by atoms with Crippen LogP contribution in [0.4, 0.5) is 11.5 Å². The van der Waals surface area contributed by atoms with Gasteiger partial charge in [-0.3, -0.25) is 0 Å². The number of aromatic nitrogens is 2. The molecule has 0 unspecified atom stereocenters. The van der Waals surface area contributed by atoms with Crippen molar-refractivity contribution in [3.8, 4) is 6.01 Å². The van der Waals surface area contributed by atoms with E-state index in [4.69, 9.17) is 14.5 Å². The van der Waals surface area contributed by atoms with E-state index in [1.807, 2.05) is 0 Å². The molecule has 3 aromatic rings. The van der Waals surface area contributed by atoms with E-state index in [1.54, 1.807) is 7.11 Å². The summed E-state index contributed by atoms with van der Waals surface area (Å²) in [6.45, 7) is 8.59. The van der Waals surface area contributed by atoms with Gasteiger partial charge in [-0.1, -0.05) is 30.3 Å². The molecule has 1 aliphatic heterocycles. The molecule has 4 rings (SSSR count). The van der Waals surface area contributed by atoms with Gasteiger partial charge in [0.25, 0.3) is 0 Å². The van der Waals surface area contributed by atoms with Gasteiger partial charge in [0, 0.05) is 43.3 Å². The van der Waals surface area contributed by atoms with Crippen LogP contribution in [0.25, 0.3) is 10.8 Å². The van der Waals surface area contributed by atoms with E-state index in [0.717, 1.165) is 30.6 Å². The van der Waals surface area contributed by atoms with Crippen LogP contribution in [-0.4, -0.2) is 43.6 Å². The number of benzene rings is 2. The van der Waals surface area contributed by atoms with Crippen LogP contribution in [0.2, 0.25) is 0 Å². The Kier molecular flexibility index (Phi) is 5.71. The number of ether oxygens (including phenoxy) is 2. The first-order chi connectivity index (χ1) is 14.2. The molecular weight excluding hydrogens is 364 g/mol. The van der Waals surface area contributed by atoms with Gasteiger partial charge in [-0.2, -0.15) is 9.97 Å². The van der Waals surface area contributed by atoms with E-state index in [9.17, 15) is 0 Å². The van der Waals surface area contributed by atoms with Crippen LogP contribution in [0.1, 0.15) is 23.2 Å². The Hall–Kier alpha value is -2.99. The maximum Gasteiger partial charge on any atom is 0.318 e. The summed E-state index contributed by atoms with van der Waals surface area (Å²) >= 11 is 0. The second-order valence-electron chi connectivity index (χ2n) is 7.23. The molecule has 6 heteroatoms. The molecule has 0 radical (unpaired) electrons. The Morgan fingerprint density at radius 1 is 1.14 bits per heavy atom. The van der Waals surface area contributed by atoms with Crippen LogP contribution in [0.5, 0.6) is 6.01 Å². The van der Waals surface area contributed by atoms with E-state index >= 15 is 0 Å². The molecule has 0 amide bonds. The van der Waals surface area contributed by atoms with E-state index in [-0.39, 0.29) is 0 Å². The third-order valence-corrected chi connectivity index (χ3v) is 5.33. The highest BCUT2D eigenvalue weighted by molar-refractivity contribution is 5.97. The van der Waals surface area contributed by atoms with Crippen molar-refractivity contribution in [2.75, 3.05) is 31.8 Å². The molecular formula is C23H26N4O2. The third kappa shape index (κ3) is 3.93. The second kappa shape index (κ2) is 8.57. The van der Waals surface area contributed by atoms with Crippen LogP contribution in [0.15, 0.2) is 41.4 Å². The van der Waals surface area contributed by atoms with Crippen LogP contribution in [0.3, 0.4) is 0 Å². The molecule has 1 aliphatic rings. The van der Waals surface area contributed by atoms with Gasteiger partial charge in [-0.25, -0.2) is 4.99 Å². The molecule has 0 bridgehead atoms. The highest BCUT2D eigenvalue weighted by Gasteiger charge is 2.24. The fourth-order valence-electron chi connectivity index (χ4n) is 3.93. The molecule has 0 saturated carbocycles. The number of aliphatic imine (C=N–C) groups is 1. The zero-order valence-corrected chi connectivity index (χ0v) is 17.0. The summed E-state index contributed by atoms with van der Waals surface area (Å²) < 4.78 is 10.8. The van der Waals surface area contributed by atoms with Crippen molar-refractivity contribution in [2.45, 2.75) is 26.3 Å². The summed E-state index contributed by atoms with van der Waals surface area (Å²) in [5.74, 6) is 0.630. The van der Waals surface area contributed by atoms with Gasteiger partial charge in [0.1, 0.15) is 0 Å². The maximum absolute atomic E-state index is 5.74. The maximum atomic E-state index is 5.74. The Balaban J connectivity index is 1.65. The monoisotopic (exact) mass is 390 g/mol. The van der Waals surface area contributed by atoms with E-state index in [1.165, 1.54) is 22.0 Å². The van der Waals surface area contributed by atoms with E-state index in [0.29, 0.717) is 31.6 Å². The lowest BCUT2D eigenvalue weighted by atomic mass is 10.00. The standard InChI is InChI=1S/C23H26N4O2/c1-16-7-4-8-17-9-5-10-20(21(16)17)27-12-11-18-19(15-27)25-23(26-22(18)24-2)29-14-6-13-28-3/h4-5,7-10H,2,6,11-15H2,1,3H3. The molecule has 2 aromatic carbocycles. The number of rotatable bonds is 7. The smallest absolute Gasteiger partial charge is 0.318 e. The van der Waals surface area contributed by atoms with Gasteiger partial charge in [0.05, 0.1) is 18.8 Å². The minimum Gasteiger partial charge on any atom is -0.463 e. The number of nitrogens with zero attached hydrogens (tertiary/aromatic N) is 4. The lowest BCUT2D eigenvalue weighted by Gasteiger charge is -2.31. The molecule has 1 aromatic heterocycles. The number of anilines is 1. The molecule has 0 N–H and O–H groups in total. The molecule has 0 atom stereocenters. The van der Waals surface area contributed by atoms with Crippen molar-refractivity contribution in [1.82, 2.24) is 9.97 Å². The van der Waals surface area contributed by atoms with Gasteiger partial charge >= 0.3 is 6.01 Å². The lowest BCUT2D eigenvalue weighted by Crippen LogP contribution is -2.31. The van der Waals surface area contributed by atoms with Gasteiger partial charge in [-0.05, 0) is 37.1 Å². The van der Waals surface area contributed by atoms with Crippen LogP contribution < -0.4 is 9.64 Å². The van der Waals surface area contributed by atoms with Crippen molar-refractivity contribution in [2.24, 2.45) is 4.99 Å². The Morgan fingerprint density at radius 2 is 1.97 bits per heavy atom. The van der Waals surface area contributed by atoms with Gasteiger partial charge in [0.15, 0.2) is 5.82 Å². The summed E-state index contributed by atoms with van der Waals surface area (Å²) in [6, 6.07) is 13.3. The molecule has 0 aliphatic carbocycles. The van der Waals surface area contributed by atoms with E-state index in [2.05, 4.69) is 64.9 Å². The first kappa shape index (κ1) is 19.3. The van der Waals surface area contributed by atoms with Gasteiger partial charge in [0.2, 0.25) is 0 Å². The summed E-state index contributed by atoms with van der Waals surface area (Å²) in [4.78, 5) is 15.6. The first-order valence-corrected chi connectivity index (χ1v) is 9.93. The fraction of sp³-hybridized carbons (Fsp3) is 0.348. The van der Waals surface area contributed by atoms with Crippen molar-refractivity contribution in [3.05, 3.63) is 53.2 Å². The first-order valence-electron chi connectivity index (χ1n) is 9.93. The van der Waals surface area contributed by atoms with Gasteiger partial charge < -0.3 is 14.4 Å². The van der Waals surface area contributed by atoms with Crippen molar-refractivity contribution >= 4 is 29.0 Å². The highest BCUT2D eigenvalue weighted by Crippen LogP contribution is 2.34. The molecule has 29 heavy (non-hydrogen) atoms. The predicted molar refractivity (Wildman–Crippen MR) is 117 cm³/mol. The van der Waals surface area contributed by atoms with Crippen LogP contribution >= 0.6 is 0 Å². The Morgan fingerprint density at radius 3 is 2.76 bits per heavy atom. The van der Waals surface area contributed by atoms with Gasteiger partial charge in [-0.15, -0.1) is 0 Å². The normalized spacial score (nSPS) is 13.4. The Bertz CT molecular complexity index is 1030. The fourth-order valence-corrected chi connectivity index (χ4v) is 3.93. The summed E-state index contributed by atoms with van der Waals surface area (Å²) in [5.41, 5.74) is 4.54. The zero-order valence-electron chi connectivity index (χ0n) is 17.0. The van der Waals surface area contributed by atoms with Crippen molar-refractivity contribution in [1.29, 1.82) is 0 Å². The molecule has 0 spiro atoms. The number of methoxy groups -OCH3 is 1. The zero-order chi connectivity index (χ0) is 20.2. The molecule has 6 nitrogen and oxygen atoms in total. The topological polar surface area (TPSA) is 59.8 Å². The summed E-state index contributed by atoms with van der Waals surface area (Å²) in [7, 11) is 1.68. The quantitative estimate of drug-likeness (QED) is 0.446. The average molecular weight is 390 g/mol. The van der Waals surface area contributed by atoms with E-state index < -0.39 is 0 Å². The molecule has 150 valence electrons. The molecule has 0 saturated heterocycles. The number of hydrogen-bond donors (Lipinski definition) is 0. The van der Waals surface area contributed by atoms with Crippen molar-refractivity contribution < 1.29 is 9.47 Å². The molecule has 2 heterocycles. The highest BCUT2D eigenvalue weighted by atomic mass is 16.5. The number of aryl methyl sites for hydroxylation is 1. The summed E-state index contributed by atoms with van der Waals surface area (Å²) in [5, 5.41) is 2.55. The predicted octanol–water partition coefficient (Wildman–Crippen LogP) is 4.25. The minimum absolute atomic E-state index is 0.359. The van der Waals surface area contributed by atoms with Crippen molar-refractivity contribution in [3.63, 3.8) is 0 Å². The average Bonchev–Trinajstić information content (AvgIpc) is 2.75. The number of hydrogen-bond acceptors (Lipinski definition) is 6. The second-order valence-corrected chi connectivity index (χ2v) is 7.23. The SMILES string of the molecule is C=Nc1nc(OCCCOC)nc2c1CCN(c1cccc3cccc(C)c13)C2. The summed E-state index contributed by atoms with van der Waals surface area (Å²) in [6.07, 6.45) is 1.62. The minimum atomic E-state index is 0.359.